The summed E-state index contributed by atoms with van der Waals surface area (Å²) in [5, 5.41) is 10.6. The number of fused-ring (bicyclic) bond motifs is 1. The Morgan fingerprint density at radius 1 is 1.53 bits per heavy atom. The predicted molar refractivity (Wildman–Crippen MR) is 56.3 cm³/mol. The van der Waals surface area contributed by atoms with Crippen molar-refractivity contribution in [3.05, 3.63) is 38.9 Å². The molecule has 17 heavy (non-hydrogen) atoms. The van der Waals surface area contributed by atoms with E-state index in [9.17, 15) is 19.7 Å². The van der Waals surface area contributed by atoms with Crippen LogP contribution in [0, 0.1) is 10.1 Å². The highest BCUT2D eigenvalue weighted by molar-refractivity contribution is 5.79. The maximum Gasteiger partial charge on any atom is 0.420 e. The molecule has 1 aromatic heterocycles. The summed E-state index contributed by atoms with van der Waals surface area (Å²) in [6, 6.07) is 3.66. The molecule has 88 valence electrons. The molecule has 8 heteroatoms. The molecule has 8 nitrogen and oxygen atoms in total. The van der Waals surface area contributed by atoms with Gasteiger partial charge in [-0.3, -0.25) is 19.5 Å². The first kappa shape index (κ1) is 10.9. The Morgan fingerprint density at radius 3 is 2.82 bits per heavy atom. The number of oxazole rings is 1. The van der Waals surface area contributed by atoms with Crippen molar-refractivity contribution in [2.75, 3.05) is 0 Å². The lowest BCUT2D eigenvalue weighted by molar-refractivity contribution is -0.384. The first-order valence-electron chi connectivity index (χ1n) is 4.55. The third-order valence-corrected chi connectivity index (χ3v) is 2.18. The Labute approximate surface area is 93.4 Å². The van der Waals surface area contributed by atoms with Crippen LogP contribution in [0.25, 0.3) is 11.1 Å². The van der Waals surface area contributed by atoms with E-state index in [0.717, 1.165) is 10.6 Å². The van der Waals surface area contributed by atoms with E-state index < -0.39 is 16.6 Å². The van der Waals surface area contributed by atoms with Gasteiger partial charge in [0.15, 0.2) is 5.58 Å². The van der Waals surface area contributed by atoms with Crippen LogP contribution < -0.4 is 11.5 Å². The number of hydrogen-bond donors (Lipinski definition) is 1. The maximum absolute atomic E-state index is 11.4. The number of aromatic nitrogens is 1. The smallest absolute Gasteiger partial charge is 0.408 e. The van der Waals surface area contributed by atoms with Gasteiger partial charge < -0.3 is 10.2 Å². The summed E-state index contributed by atoms with van der Waals surface area (Å²) in [7, 11) is 0. The highest BCUT2D eigenvalue weighted by atomic mass is 16.6. The molecular weight excluding hydrogens is 230 g/mol. The molecule has 1 amide bonds. The molecule has 2 rings (SSSR count). The first-order chi connectivity index (χ1) is 7.99. The zero-order valence-corrected chi connectivity index (χ0v) is 8.45. The number of non-ortho nitro benzene ring substituents is 1. The van der Waals surface area contributed by atoms with Gasteiger partial charge in [0, 0.05) is 12.1 Å². The van der Waals surface area contributed by atoms with Gasteiger partial charge in [-0.05, 0) is 6.07 Å². The second kappa shape index (κ2) is 3.74. The van der Waals surface area contributed by atoms with Crippen LogP contribution in [0.1, 0.15) is 0 Å². The largest absolute Gasteiger partial charge is 0.420 e. The standard InChI is InChI=1S/C9H7N3O5/c10-8(13)4-11-6-3-5(12(15)16)1-2-7(6)17-9(11)14/h1-3H,4H2,(H2,10,13). The Morgan fingerprint density at radius 2 is 2.24 bits per heavy atom. The summed E-state index contributed by atoms with van der Waals surface area (Å²) < 4.78 is 5.76. The van der Waals surface area contributed by atoms with Crippen LogP contribution in [-0.4, -0.2) is 15.4 Å². The molecular formula is C9H7N3O5. The molecule has 2 N–H and O–H groups in total. The molecule has 0 aliphatic carbocycles. The monoisotopic (exact) mass is 237 g/mol. The summed E-state index contributed by atoms with van der Waals surface area (Å²) in [5.41, 5.74) is 5.11. The number of nitro groups is 1. The predicted octanol–water partition coefficient (Wildman–Crippen LogP) is -0.0120. The van der Waals surface area contributed by atoms with Gasteiger partial charge in [-0.1, -0.05) is 0 Å². The SMILES string of the molecule is NC(=O)Cn1c(=O)oc2ccc([N+](=O)[O-])cc21. The van der Waals surface area contributed by atoms with Crippen molar-refractivity contribution in [3.8, 4) is 0 Å². The van der Waals surface area contributed by atoms with Crippen molar-refractivity contribution < 1.29 is 14.1 Å². The van der Waals surface area contributed by atoms with Crippen LogP contribution in [-0.2, 0) is 11.3 Å². The summed E-state index contributed by atoms with van der Waals surface area (Å²) in [6.07, 6.45) is 0. The number of carbonyl (C=O) groups is 1. The van der Waals surface area contributed by atoms with Crippen LogP contribution in [0.4, 0.5) is 5.69 Å². The minimum atomic E-state index is -0.778. The average Bonchev–Trinajstić information content (AvgIpc) is 2.54. The molecule has 0 aliphatic heterocycles. The molecule has 0 aliphatic rings. The fourth-order valence-electron chi connectivity index (χ4n) is 1.47. The first-order valence-corrected chi connectivity index (χ1v) is 4.55. The summed E-state index contributed by atoms with van der Waals surface area (Å²) in [5.74, 6) is -1.51. The van der Waals surface area contributed by atoms with Crippen molar-refractivity contribution >= 4 is 22.7 Å². The second-order valence-corrected chi connectivity index (χ2v) is 3.33. The number of nitrogens with zero attached hydrogens (tertiary/aromatic N) is 2. The quantitative estimate of drug-likeness (QED) is 0.594. The molecule has 0 bridgehead atoms. The summed E-state index contributed by atoms with van der Waals surface area (Å²) in [4.78, 5) is 32.1. The van der Waals surface area contributed by atoms with Crippen molar-refractivity contribution in [2.45, 2.75) is 6.54 Å². The minimum Gasteiger partial charge on any atom is -0.408 e. The Balaban J connectivity index is 2.69. The molecule has 0 spiro atoms. The highest BCUT2D eigenvalue weighted by Gasteiger charge is 2.15. The third kappa shape index (κ3) is 1.87. The number of rotatable bonds is 3. The summed E-state index contributed by atoms with van der Waals surface area (Å²) >= 11 is 0. The molecule has 0 fully saturated rings. The van der Waals surface area contributed by atoms with Crippen molar-refractivity contribution in [1.29, 1.82) is 0 Å². The fraction of sp³-hybridized carbons (Fsp3) is 0.111. The molecule has 1 aromatic carbocycles. The lowest BCUT2D eigenvalue weighted by atomic mass is 10.3. The minimum absolute atomic E-state index is 0.168. The molecule has 0 saturated carbocycles. The molecule has 0 atom stereocenters. The number of nitrogens with two attached hydrogens (primary N) is 1. The van der Waals surface area contributed by atoms with E-state index in [4.69, 9.17) is 10.2 Å². The van der Waals surface area contributed by atoms with Crippen molar-refractivity contribution in [3.63, 3.8) is 0 Å². The van der Waals surface area contributed by atoms with Gasteiger partial charge in [0.05, 0.1) is 10.4 Å². The van der Waals surface area contributed by atoms with E-state index in [0.29, 0.717) is 0 Å². The fourth-order valence-corrected chi connectivity index (χ4v) is 1.47. The third-order valence-electron chi connectivity index (χ3n) is 2.18. The number of benzene rings is 1. The normalized spacial score (nSPS) is 10.6. The number of amides is 1. The Kier molecular flexibility index (Phi) is 2.39. The van der Waals surface area contributed by atoms with E-state index in [2.05, 4.69) is 0 Å². The zero-order valence-electron chi connectivity index (χ0n) is 8.45. The van der Waals surface area contributed by atoms with Gasteiger partial charge >= 0.3 is 5.76 Å². The number of carbonyl (C=O) groups excluding carboxylic acids is 1. The van der Waals surface area contributed by atoms with Crippen LogP contribution in [0.2, 0.25) is 0 Å². The van der Waals surface area contributed by atoms with E-state index >= 15 is 0 Å². The van der Waals surface area contributed by atoms with Crippen LogP contribution in [0.5, 0.6) is 0 Å². The van der Waals surface area contributed by atoms with Gasteiger partial charge in [-0.25, -0.2) is 4.79 Å². The second-order valence-electron chi connectivity index (χ2n) is 3.33. The van der Waals surface area contributed by atoms with Gasteiger partial charge in [0.25, 0.3) is 5.69 Å². The van der Waals surface area contributed by atoms with Gasteiger partial charge in [-0.15, -0.1) is 0 Å². The molecule has 0 unspecified atom stereocenters. The lowest BCUT2D eigenvalue weighted by Gasteiger charge is -1.97. The number of primary amides is 1. The molecule has 2 aromatic rings. The van der Waals surface area contributed by atoms with Crippen LogP contribution in [0.3, 0.4) is 0 Å². The number of hydrogen-bond acceptors (Lipinski definition) is 5. The molecule has 0 radical (unpaired) electrons. The molecule has 1 heterocycles. The molecule has 0 saturated heterocycles. The van der Waals surface area contributed by atoms with E-state index in [1.54, 1.807) is 0 Å². The van der Waals surface area contributed by atoms with E-state index in [1.807, 2.05) is 0 Å². The van der Waals surface area contributed by atoms with Gasteiger partial charge in [0.1, 0.15) is 6.54 Å². The topological polar surface area (TPSA) is 121 Å². The van der Waals surface area contributed by atoms with Crippen LogP contribution in [0.15, 0.2) is 27.4 Å². The van der Waals surface area contributed by atoms with Crippen LogP contribution >= 0.6 is 0 Å². The average molecular weight is 237 g/mol. The lowest BCUT2D eigenvalue weighted by Crippen LogP contribution is -2.24. The van der Waals surface area contributed by atoms with E-state index in [-0.39, 0.29) is 23.3 Å². The van der Waals surface area contributed by atoms with E-state index in [1.165, 1.54) is 12.1 Å². The van der Waals surface area contributed by atoms with Crippen molar-refractivity contribution in [2.24, 2.45) is 5.73 Å². The number of nitro benzene ring substituents is 1. The highest BCUT2D eigenvalue weighted by Crippen LogP contribution is 2.19. The van der Waals surface area contributed by atoms with Crippen molar-refractivity contribution in [1.82, 2.24) is 4.57 Å². The van der Waals surface area contributed by atoms with Gasteiger partial charge in [0.2, 0.25) is 5.91 Å². The summed E-state index contributed by atoms with van der Waals surface area (Å²) in [6.45, 7) is -0.382. The Hall–Kier alpha value is -2.64. The van der Waals surface area contributed by atoms with Gasteiger partial charge in [-0.2, -0.15) is 0 Å². The Bertz CT molecular complexity index is 669. The zero-order chi connectivity index (χ0) is 12.6. The maximum atomic E-state index is 11.4.